The monoisotopic (exact) mass is 822 g/mol. The minimum absolute atomic E-state index is 0.0559. The van der Waals surface area contributed by atoms with Crippen LogP contribution in [0.15, 0.2) is 41.2 Å². The van der Waals surface area contributed by atoms with E-state index in [1.165, 1.54) is 59.4 Å². The summed E-state index contributed by atoms with van der Waals surface area (Å²) in [7, 11) is 3.42. The molecule has 0 radical (unpaired) electrons. The van der Waals surface area contributed by atoms with Crippen molar-refractivity contribution >= 4 is 40.3 Å². The van der Waals surface area contributed by atoms with Gasteiger partial charge in [0.15, 0.2) is 5.75 Å². The van der Waals surface area contributed by atoms with Crippen LogP contribution in [0.5, 0.6) is 23.0 Å². The molecule has 0 aromatic heterocycles. The first-order valence-corrected chi connectivity index (χ1v) is 19.8. The summed E-state index contributed by atoms with van der Waals surface area (Å²) in [4.78, 5) is 42.6. The third-order valence-corrected chi connectivity index (χ3v) is 11.9. The number of carbonyl (C=O) groups excluding carboxylic acids is 3. The van der Waals surface area contributed by atoms with E-state index >= 15 is 0 Å². The van der Waals surface area contributed by atoms with Crippen molar-refractivity contribution in [2.75, 3.05) is 45.7 Å². The molecule has 4 aliphatic rings. The highest BCUT2D eigenvalue weighted by Gasteiger charge is 2.50. The molecule has 2 aromatic rings. The molecule has 4 heterocycles. The highest BCUT2D eigenvalue weighted by Crippen LogP contribution is 2.55. The largest absolute Gasteiger partial charge is 0.507 e. The Morgan fingerprint density at radius 2 is 1.61 bits per heavy atom. The lowest BCUT2D eigenvalue weighted by Gasteiger charge is -2.38. The van der Waals surface area contributed by atoms with E-state index in [4.69, 9.17) is 18.9 Å². The molecule has 4 aliphatic heterocycles. The summed E-state index contributed by atoms with van der Waals surface area (Å²) < 4.78 is 23.6. The summed E-state index contributed by atoms with van der Waals surface area (Å²) in [5.41, 5.74) is -0.350. The van der Waals surface area contributed by atoms with Gasteiger partial charge in [-0.3, -0.25) is 19.4 Å². The van der Waals surface area contributed by atoms with Gasteiger partial charge in [0.25, 0.3) is 11.7 Å². The number of phenols is 3. The third-order valence-electron chi connectivity index (χ3n) is 11.9. The quantitative estimate of drug-likeness (QED) is 0.109. The number of rotatable bonds is 4. The van der Waals surface area contributed by atoms with Crippen molar-refractivity contribution < 1.29 is 58.9 Å². The number of hydrazone groups is 1. The average Bonchev–Trinajstić information content (AvgIpc) is 3.46. The van der Waals surface area contributed by atoms with Crippen molar-refractivity contribution in [3.8, 4) is 23.0 Å². The second-order valence-electron chi connectivity index (χ2n) is 16.1. The van der Waals surface area contributed by atoms with Gasteiger partial charge in [0.05, 0.1) is 53.0 Å². The number of aliphatic hydroxyl groups is 2. The lowest BCUT2D eigenvalue weighted by atomic mass is 9.78. The summed E-state index contributed by atoms with van der Waals surface area (Å²) in [5, 5.41) is 66.8. The van der Waals surface area contributed by atoms with Gasteiger partial charge in [0, 0.05) is 87.3 Å². The topological polar surface area (TPSA) is 220 Å². The second kappa shape index (κ2) is 18.0. The number of benzene rings is 2. The Balaban J connectivity index is 1.70. The van der Waals surface area contributed by atoms with Crippen LogP contribution in [0.2, 0.25) is 0 Å². The first kappa shape index (κ1) is 44.9. The molecule has 1 amide bonds. The number of likely N-dealkylation sites (N-methyl/N-ethyl adjacent to an activating group) is 1. The minimum atomic E-state index is -2.04. The lowest BCUT2D eigenvalue weighted by molar-refractivity contribution is -0.160. The van der Waals surface area contributed by atoms with Crippen LogP contribution in [0.4, 0.5) is 5.69 Å². The van der Waals surface area contributed by atoms with E-state index < -0.39 is 88.8 Å². The van der Waals surface area contributed by atoms with Crippen LogP contribution < -0.4 is 10.1 Å². The Kier molecular flexibility index (Phi) is 13.7. The predicted octanol–water partition coefficient (Wildman–Crippen LogP) is 4.34. The third kappa shape index (κ3) is 8.91. The first-order valence-electron chi connectivity index (χ1n) is 19.8. The van der Waals surface area contributed by atoms with Gasteiger partial charge in [-0.2, -0.15) is 5.10 Å². The van der Waals surface area contributed by atoms with Crippen LogP contribution in [0, 0.1) is 30.6 Å². The molecule has 322 valence electrons. The molecule has 5 bridgehead atoms. The summed E-state index contributed by atoms with van der Waals surface area (Å²) in [6, 6.07) is 0. The van der Waals surface area contributed by atoms with Crippen molar-refractivity contribution in [1.29, 1.82) is 0 Å². The van der Waals surface area contributed by atoms with Crippen LogP contribution in [0.1, 0.15) is 70.0 Å². The summed E-state index contributed by atoms with van der Waals surface area (Å²) >= 11 is 0. The number of esters is 1. The number of aliphatic hydroxyl groups excluding tert-OH is 2. The number of nitrogens with zero attached hydrogens (tertiary/aromatic N) is 3. The fourth-order valence-corrected chi connectivity index (χ4v) is 7.92. The SMILES string of the molecule is CO[C@H]1/C=C/O[C@@]2(C)Oc3c(C)c(O)c4c(O)c(c(/C=N\N5CCN(C)CC5)c(O)c4c3C2=O)NC(=O)/C(C)=C/C=C/[C@H](C)[C@H](O)[C@@H](C)[C@@H](O)[C@@H](C)[C@H](OC(C)=O)[C@@H]1C. The maximum atomic E-state index is 14.4. The summed E-state index contributed by atoms with van der Waals surface area (Å²) in [5.74, 6) is -8.34. The van der Waals surface area contributed by atoms with Gasteiger partial charge in [-0.25, -0.2) is 0 Å². The molecule has 0 spiro atoms. The van der Waals surface area contributed by atoms with Crippen molar-refractivity contribution in [3.05, 3.63) is 52.8 Å². The first-order chi connectivity index (χ1) is 27.7. The Bertz CT molecular complexity index is 2070. The predicted molar refractivity (Wildman–Crippen MR) is 220 cm³/mol. The van der Waals surface area contributed by atoms with Gasteiger partial charge in [-0.15, -0.1) is 0 Å². The van der Waals surface area contributed by atoms with Crippen LogP contribution in [0.3, 0.4) is 0 Å². The number of ketones is 1. The van der Waals surface area contributed by atoms with E-state index in [1.807, 2.05) is 7.05 Å². The highest BCUT2D eigenvalue weighted by atomic mass is 16.7. The zero-order chi connectivity index (χ0) is 43.7. The number of ether oxygens (including phenoxy) is 4. The number of anilines is 1. The smallest absolute Gasteiger partial charge is 0.312 e. The van der Waals surface area contributed by atoms with Crippen LogP contribution in [0.25, 0.3) is 10.8 Å². The van der Waals surface area contributed by atoms with Gasteiger partial charge in [-0.05, 0) is 27.0 Å². The molecule has 0 saturated carbocycles. The molecule has 6 N–H and O–H groups in total. The molecule has 2 aromatic carbocycles. The Morgan fingerprint density at radius 3 is 2.24 bits per heavy atom. The van der Waals surface area contributed by atoms with Gasteiger partial charge >= 0.3 is 11.8 Å². The molecule has 0 aliphatic carbocycles. The zero-order valence-electron chi connectivity index (χ0n) is 35.3. The Morgan fingerprint density at radius 1 is 0.949 bits per heavy atom. The molecule has 59 heavy (non-hydrogen) atoms. The molecule has 16 nitrogen and oxygen atoms in total. The van der Waals surface area contributed by atoms with Gasteiger partial charge < -0.3 is 54.7 Å². The standard InChI is InChI=1S/C43H58N4O12/c1-21-12-11-13-22(2)42(55)45-33-28(20-44-47-17-15-46(9)16-18-47)37(52)30-31(38(33)53)36(51)26(6)40-32(30)41(54)43(8,59-40)57-19-14-29(56-10)23(3)39(58-27(7)48)25(5)35(50)24(4)34(21)49/h11-14,19-21,23-25,29,34-35,39,49-53H,15-18H2,1-10H3,(H,45,55)/b12-11+,19-14+,22-13+,44-20-/t21-,23+,24+,25+,29-,34-,35+,39+,43-/m0/s1. The van der Waals surface area contributed by atoms with E-state index in [1.54, 1.807) is 44.9 Å². The van der Waals surface area contributed by atoms with E-state index in [9.17, 15) is 39.9 Å². The fraction of sp³-hybridized carbons (Fsp3) is 0.535. The fourth-order valence-electron chi connectivity index (χ4n) is 7.92. The number of hydrogen-bond acceptors (Lipinski definition) is 15. The molecule has 16 heteroatoms. The van der Waals surface area contributed by atoms with Gasteiger partial charge in [-0.1, -0.05) is 45.9 Å². The van der Waals surface area contributed by atoms with Crippen molar-refractivity contribution in [1.82, 2.24) is 9.91 Å². The number of methoxy groups -OCH3 is 1. The number of hydrogen-bond donors (Lipinski definition) is 6. The number of piperazine rings is 1. The summed E-state index contributed by atoms with van der Waals surface area (Å²) in [6.45, 7) is 15.1. The maximum absolute atomic E-state index is 14.4. The average molecular weight is 823 g/mol. The van der Waals surface area contributed by atoms with E-state index in [2.05, 4.69) is 15.3 Å². The number of Topliss-reactive ketones (excluding diaryl/α,β-unsaturated/α-hetero) is 1. The molecule has 1 saturated heterocycles. The second-order valence-corrected chi connectivity index (χ2v) is 16.1. The summed E-state index contributed by atoms with van der Waals surface area (Å²) in [6.07, 6.45) is 4.86. The van der Waals surface area contributed by atoms with Crippen molar-refractivity contribution in [2.45, 2.75) is 85.6 Å². The highest BCUT2D eigenvalue weighted by molar-refractivity contribution is 6.23. The Labute approximate surface area is 344 Å². The molecule has 0 unspecified atom stereocenters. The number of phenolic OH excluding ortho intramolecular Hbond substituents is 3. The number of nitrogens with one attached hydrogen (secondary N) is 1. The van der Waals surface area contributed by atoms with Crippen LogP contribution in [-0.4, -0.2) is 130 Å². The number of aromatic hydroxyl groups is 3. The normalized spacial score (nSPS) is 32.1. The van der Waals surface area contributed by atoms with E-state index in [0.29, 0.717) is 13.1 Å². The Hall–Kier alpha value is -5.16. The van der Waals surface area contributed by atoms with Gasteiger partial charge in [0.1, 0.15) is 23.4 Å². The van der Waals surface area contributed by atoms with Crippen LogP contribution >= 0.6 is 0 Å². The molecular weight excluding hydrogens is 764 g/mol. The van der Waals surface area contributed by atoms with Gasteiger partial charge in [0.2, 0.25) is 0 Å². The number of allylic oxidation sites excluding steroid dienone is 2. The zero-order valence-corrected chi connectivity index (χ0v) is 35.3. The molecule has 6 rings (SSSR count). The number of amides is 1. The van der Waals surface area contributed by atoms with E-state index in [-0.39, 0.29) is 44.5 Å². The molecule has 9 atom stereocenters. The minimum Gasteiger partial charge on any atom is -0.507 e. The lowest BCUT2D eigenvalue weighted by Crippen LogP contribution is -2.46. The molecule has 1 fully saturated rings. The van der Waals surface area contributed by atoms with Crippen LogP contribution in [-0.2, 0) is 23.8 Å². The number of carbonyl (C=O) groups is 3. The van der Waals surface area contributed by atoms with Crippen molar-refractivity contribution in [2.24, 2.45) is 28.8 Å². The molecular formula is C43H58N4O12. The van der Waals surface area contributed by atoms with Crippen molar-refractivity contribution in [3.63, 3.8) is 0 Å². The number of fused-ring (bicyclic) bond motifs is 14. The van der Waals surface area contributed by atoms with E-state index in [0.717, 1.165) is 13.1 Å². The maximum Gasteiger partial charge on any atom is 0.312 e.